The van der Waals surface area contributed by atoms with Crippen LogP contribution in [0.15, 0.2) is 30.5 Å². The van der Waals surface area contributed by atoms with Crippen LogP contribution in [-0.4, -0.2) is 10.9 Å². The molecule has 88 valence electrons. The predicted molar refractivity (Wildman–Crippen MR) is 69.0 cm³/mol. The number of nitrogens with zero attached hydrogens (tertiary/aromatic N) is 1. The first-order valence-electron chi connectivity index (χ1n) is 6.39. The molecule has 2 nitrogen and oxygen atoms in total. The molecule has 17 heavy (non-hydrogen) atoms. The van der Waals surface area contributed by atoms with Crippen molar-refractivity contribution in [2.75, 3.05) is 0 Å². The number of hydrogen-bond donors (Lipinski definition) is 0. The van der Waals surface area contributed by atoms with E-state index in [1.807, 2.05) is 6.07 Å². The fraction of sp³-hybridized carbons (Fsp3) is 0.400. The maximum Gasteiger partial charge on any atom is 0.124 e. The Morgan fingerprint density at radius 2 is 2.18 bits per heavy atom. The number of fused-ring (bicyclic) bond motifs is 1. The van der Waals surface area contributed by atoms with Gasteiger partial charge in [0.05, 0.1) is 5.52 Å². The summed E-state index contributed by atoms with van der Waals surface area (Å²) in [7, 11) is 0. The highest BCUT2D eigenvalue weighted by molar-refractivity contribution is 5.85. The van der Waals surface area contributed by atoms with Gasteiger partial charge < -0.3 is 9.36 Å². The molecule has 1 fully saturated rings. The highest BCUT2D eigenvalue weighted by Crippen LogP contribution is 2.30. The summed E-state index contributed by atoms with van der Waals surface area (Å²) in [6, 6.07) is 8.38. The lowest BCUT2D eigenvalue weighted by Crippen LogP contribution is -2.17. The van der Waals surface area contributed by atoms with Gasteiger partial charge in [0, 0.05) is 19.2 Å². The number of aldehydes is 1. The second-order valence-corrected chi connectivity index (χ2v) is 4.99. The number of carbonyl (C=O) groups excluding carboxylic acids is 1. The zero-order chi connectivity index (χ0) is 11.7. The lowest BCUT2D eigenvalue weighted by atomic mass is 9.85. The smallest absolute Gasteiger partial charge is 0.124 e. The Morgan fingerprint density at radius 1 is 1.29 bits per heavy atom. The van der Waals surface area contributed by atoms with Gasteiger partial charge in [-0.05, 0) is 35.8 Å². The second-order valence-electron chi connectivity index (χ2n) is 4.99. The Labute approximate surface area is 101 Å². The molecule has 1 saturated carbocycles. The SMILES string of the molecule is O=CCc1cccc2ccn(CC3CCC3)c12. The van der Waals surface area contributed by atoms with Crippen molar-refractivity contribution in [1.82, 2.24) is 4.57 Å². The number of aromatic nitrogens is 1. The van der Waals surface area contributed by atoms with Crippen molar-refractivity contribution in [3.8, 4) is 0 Å². The molecule has 0 atom stereocenters. The van der Waals surface area contributed by atoms with Gasteiger partial charge in [0.25, 0.3) is 0 Å². The molecule has 1 aromatic heterocycles. The van der Waals surface area contributed by atoms with Gasteiger partial charge in [0.2, 0.25) is 0 Å². The Morgan fingerprint density at radius 3 is 2.88 bits per heavy atom. The normalized spacial score (nSPS) is 16.0. The van der Waals surface area contributed by atoms with Gasteiger partial charge in [-0.15, -0.1) is 0 Å². The summed E-state index contributed by atoms with van der Waals surface area (Å²) in [6.07, 6.45) is 7.77. The van der Waals surface area contributed by atoms with Crippen LogP contribution in [0.2, 0.25) is 0 Å². The lowest BCUT2D eigenvalue weighted by molar-refractivity contribution is -0.107. The maximum absolute atomic E-state index is 10.7. The summed E-state index contributed by atoms with van der Waals surface area (Å²) in [4.78, 5) is 10.7. The van der Waals surface area contributed by atoms with E-state index in [4.69, 9.17) is 0 Å². The zero-order valence-corrected chi connectivity index (χ0v) is 9.93. The molecule has 2 aromatic rings. The average molecular weight is 227 g/mol. The van der Waals surface area contributed by atoms with Crippen LogP contribution < -0.4 is 0 Å². The molecular weight excluding hydrogens is 210 g/mol. The van der Waals surface area contributed by atoms with E-state index >= 15 is 0 Å². The van der Waals surface area contributed by atoms with Crippen molar-refractivity contribution >= 4 is 17.2 Å². The third-order valence-electron chi connectivity index (χ3n) is 3.85. The van der Waals surface area contributed by atoms with E-state index in [2.05, 4.69) is 29.0 Å². The zero-order valence-electron chi connectivity index (χ0n) is 9.93. The molecule has 0 N–H and O–H groups in total. The molecule has 0 radical (unpaired) electrons. The van der Waals surface area contributed by atoms with Crippen LogP contribution in [0.25, 0.3) is 10.9 Å². The quantitative estimate of drug-likeness (QED) is 0.735. The fourth-order valence-electron chi connectivity index (χ4n) is 2.70. The first kappa shape index (κ1) is 10.6. The monoisotopic (exact) mass is 227 g/mol. The summed E-state index contributed by atoms with van der Waals surface area (Å²) in [6.45, 7) is 1.11. The van der Waals surface area contributed by atoms with Gasteiger partial charge >= 0.3 is 0 Å². The summed E-state index contributed by atoms with van der Waals surface area (Å²) >= 11 is 0. The number of carbonyl (C=O) groups is 1. The molecule has 1 heterocycles. The molecule has 1 aliphatic carbocycles. The third kappa shape index (κ3) is 1.88. The summed E-state index contributed by atoms with van der Waals surface area (Å²) in [5.41, 5.74) is 2.41. The van der Waals surface area contributed by atoms with Crippen LogP contribution in [0.4, 0.5) is 0 Å². The molecule has 1 aliphatic rings. The molecule has 0 bridgehead atoms. The van der Waals surface area contributed by atoms with E-state index in [0.717, 1.165) is 24.3 Å². The third-order valence-corrected chi connectivity index (χ3v) is 3.85. The van der Waals surface area contributed by atoms with Crippen molar-refractivity contribution < 1.29 is 4.79 Å². The van der Waals surface area contributed by atoms with Crippen molar-refractivity contribution in [1.29, 1.82) is 0 Å². The van der Waals surface area contributed by atoms with Crippen molar-refractivity contribution in [3.05, 3.63) is 36.0 Å². The summed E-state index contributed by atoms with van der Waals surface area (Å²) in [5, 5.41) is 1.25. The van der Waals surface area contributed by atoms with E-state index in [9.17, 15) is 4.79 Å². The minimum absolute atomic E-state index is 0.520. The van der Waals surface area contributed by atoms with Crippen LogP contribution in [0.1, 0.15) is 24.8 Å². The maximum atomic E-state index is 10.7. The molecule has 1 aromatic carbocycles. The average Bonchev–Trinajstić information content (AvgIpc) is 2.68. The van der Waals surface area contributed by atoms with Crippen LogP contribution in [0.5, 0.6) is 0 Å². The molecule has 0 spiro atoms. The Bertz CT molecular complexity index is 537. The fourth-order valence-corrected chi connectivity index (χ4v) is 2.70. The molecule has 0 saturated heterocycles. The van der Waals surface area contributed by atoms with Gasteiger partial charge in [-0.3, -0.25) is 0 Å². The Kier molecular flexibility index (Phi) is 2.71. The van der Waals surface area contributed by atoms with Crippen molar-refractivity contribution in [2.45, 2.75) is 32.2 Å². The van der Waals surface area contributed by atoms with Crippen molar-refractivity contribution in [2.24, 2.45) is 5.92 Å². The molecule has 2 heteroatoms. The number of benzene rings is 1. The second kappa shape index (κ2) is 4.36. The van der Waals surface area contributed by atoms with Gasteiger partial charge in [0.1, 0.15) is 6.29 Å². The number of para-hydroxylation sites is 1. The van der Waals surface area contributed by atoms with Crippen LogP contribution in [0.3, 0.4) is 0 Å². The van der Waals surface area contributed by atoms with Crippen LogP contribution >= 0.6 is 0 Å². The van der Waals surface area contributed by atoms with E-state index in [1.54, 1.807) is 0 Å². The van der Waals surface area contributed by atoms with Crippen molar-refractivity contribution in [3.63, 3.8) is 0 Å². The Balaban J connectivity index is 2.01. The molecular formula is C15H17NO. The first-order valence-corrected chi connectivity index (χ1v) is 6.39. The van der Waals surface area contributed by atoms with E-state index in [0.29, 0.717) is 6.42 Å². The highest BCUT2D eigenvalue weighted by Gasteiger charge is 2.18. The van der Waals surface area contributed by atoms with E-state index in [1.165, 1.54) is 30.2 Å². The minimum atomic E-state index is 0.520. The van der Waals surface area contributed by atoms with Crippen LogP contribution in [-0.2, 0) is 17.8 Å². The minimum Gasteiger partial charge on any atom is -0.347 e. The van der Waals surface area contributed by atoms with Gasteiger partial charge in [-0.1, -0.05) is 24.6 Å². The lowest BCUT2D eigenvalue weighted by Gasteiger charge is -2.26. The van der Waals surface area contributed by atoms with Crippen LogP contribution in [0, 0.1) is 5.92 Å². The first-order chi connectivity index (χ1) is 8.38. The summed E-state index contributed by atoms with van der Waals surface area (Å²) < 4.78 is 2.33. The predicted octanol–water partition coefficient (Wildman–Crippen LogP) is 3.18. The molecule has 0 amide bonds. The largest absolute Gasteiger partial charge is 0.347 e. The van der Waals surface area contributed by atoms with E-state index in [-0.39, 0.29) is 0 Å². The Hall–Kier alpha value is -1.57. The molecule has 0 aliphatic heterocycles. The summed E-state index contributed by atoms with van der Waals surface area (Å²) in [5.74, 6) is 0.842. The molecule has 0 unspecified atom stereocenters. The molecule has 3 rings (SSSR count). The van der Waals surface area contributed by atoms with E-state index < -0.39 is 0 Å². The number of rotatable bonds is 4. The topological polar surface area (TPSA) is 22.0 Å². The van der Waals surface area contributed by atoms with Gasteiger partial charge in [-0.25, -0.2) is 0 Å². The number of hydrogen-bond acceptors (Lipinski definition) is 1. The standard InChI is InChI=1S/C15H17NO/c17-10-8-14-6-2-5-13-7-9-16(15(13)14)11-12-3-1-4-12/h2,5-7,9-10,12H,1,3-4,8,11H2. The van der Waals surface area contributed by atoms with Gasteiger partial charge in [0.15, 0.2) is 0 Å². The van der Waals surface area contributed by atoms with Gasteiger partial charge in [-0.2, -0.15) is 0 Å². The highest BCUT2D eigenvalue weighted by atomic mass is 16.1.